The molecule has 0 amide bonds. The van der Waals surface area contributed by atoms with Crippen molar-refractivity contribution in [2.75, 3.05) is 13.1 Å². The number of aliphatic hydroxyl groups is 1. The third-order valence-electron chi connectivity index (χ3n) is 2.98. The predicted molar refractivity (Wildman–Crippen MR) is 61.3 cm³/mol. The third kappa shape index (κ3) is 1.98. The van der Waals surface area contributed by atoms with Crippen LogP contribution in [0.25, 0.3) is 11.5 Å². The Hall–Kier alpha value is -1.86. The zero-order chi connectivity index (χ0) is 12.4. The van der Waals surface area contributed by atoms with Gasteiger partial charge < -0.3 is 14.9 Å². The van der Waals surface area contributed by atoms with E-state index >= 15 is 0 Å². The lowest BCUT2D eigenvalue weighted by molar-refractivity contribution is -0.0167. The van der Waals surface area contributed by atoms with E-state index in [4.69, 9.17) is 4.52 Å². The van der Waals surface area contributed by atoms with Crippen molar-refractivity contribution < 1.29 is 9.63 Å². The Labute approximate surface area is 103 Å². The van der Waals surface area contributed by atoms with Crippen LogP contribution in [0.2, 0.25) is 0 Å². The average Bonchev–Trinajstić information content (AvgIpc) is 2.91. The van der Waals surface area contributed by atoms with Crippen LogP contribution >= 0.6 is 0 Å². The van der Waals surface area contributed by atoms with Crippen molar-refractivity contribution in [2.24, 2.45) is 0 Å². The van der Waals surface area contributed by atoms with Crippen LogP contribution in [0.4, 0.5) is 0 Å². The molecule has 18 heavy (non-hydrogen) atoms. The van der Waals surface area contributed by atoms with Crippen molar-refractivity contribution in [1.29, 1.82) is 0 Å². The van der Waals surface area contributed by atoms with Crippen molar-refractivity contribution in [3.8, 4) is 11.5 Å². The number of aromatic nitrogens is 4. The molecule has 0 bridgehead atoms. The van der Waals surface area contributed by atoms with Crippen LogP contribution in [0.5, 0.6) is 0 Å². The minimum atomic E-state index is -1.08. The average molecular weight is 247 g/mol. The predicted octanol–water partition coefficient (Wildman–Crippen LogP) is 0.0976. The molecule has 0 radical (unpaired) electrons. The lowest BCUT2D eigenvalue weighted by Crippen LogP contribution is -2.43. The Morgan fingerprint density at radius 1 is 1.39 bits per heavy atom. The molecular formula is C11H13N5O2. The summed E-state index contributed by atoms with van der Waals surface area (Å²) >= 11 is 0. The van der Waals surface area contributed by atoms with Crippen LogP contribution in [0.15, 0.2) is 23.1 Å². The maximum Gasteiger partial charge on any atom is 0.260 e. The van der Waals surface area contributed by atoms with Gasteiger partial charge in [-0.1, -0.05) is 5.16 Å². The quantitative estimate of drug-likeness (QED) is 0.776. The summed E-state index contributed by atoms with van der Waals surface area (Å²) in [6, 6.07) is 0. The first-order valence-corrected chi connectivity index (χ1v) is 5.82. The summed E-state index contributed by atoms with van der Waals surface area (Å²) in [4.78, 5) is 12.2. The van der Waals surface area contributed by atoms with Crippen molar-refractivity contribution in [3.63, 3.8) is 0 Å². The number of β-amino-alcohol motifs (C(OH)–C–C–N with tert-alkyl or cyclic N) is 1. The van der Waals surface area contributed by atoms with E-state index in [9.17, 15) is 5.11 Å². The fraction of sp³-hybridized carbons (Fsp3) is 0.455. The number of hydrogen-bond donors (Lipinski definition) is 2. The largest absolute Gasteiger partial charge is 0.379 e. The van der Waals surface area contributed by atoms with E-state index in [1.165, 1.54) is 0 Å². The fourth-order valence-electron chi connectivity index (χ4n) is 2.00. The second-order valence-electron chi connectivity index (χ2n) is 4.33. The van der Waals surface area contributed by atoms with Gasteiger partial charge in [-0.2, -0.15) is 4.98 Å². The van der Waals surface area contributed by atoms with Crippen molar-refractivity contribution in [3.05, 3.63) is 24.5 Å². The molecule has 0 saturated carbocycles. The monoisotopic (exact) mass is 247 g/mol. The highest BCUT2D eigenvalue weighted by Gasteiger charge is 2.37. The smallest absolute Gasteiger partial charge is 0.260 e. The van der Waals surface area contributed by atoms with Crippen molar-refractivity contribution in [2.45, 2.75) is 18.4 Å². The van der Waals surface area contributed by atoms with Gasteiger partial charge in [-0.25, -0.2) is 4.98 Å². The highest BCUT2D eigenvalue weighted by molar-refractivity contribution is 5.45. The van der Waals surface area contributed by atoms with Crippen LogP contribution in [-0.4, -0.2) is 38.3 Å². The van der Waals surface area contributed by atoms with E-state index in [1.807, 2.05) is 0 Å². The molecule has 94 valence electrons. The summed E-state index contributed by atoms with van der Waals surface area (Å²) in [5.74, 6) is 0.576. The maximum atomic E-state index is 10.4. The highest BCUT2D eigenvalue weighted by atomic mass is 16.5. The lowest BCUT2D eigenvalue weighted by atomic mass is 9.94. The Morgan fingerprint density at radius 2 is 2.33 bits per heavy atom. The number of piperidine rings is 1. The van der Waals surface area contributed by atoms with E-state index in [0.29, 0.717) is 24.5 Å². The SMILES string of the molecule is OC1(c2nc(-c3cnccn3)no2)CCCNC1. The van der Waals surface area contributed by atoms with Gasteiger partial charge in [0.1, 0.15) is 5.69 Å². The molecule has 1 aliphatic rings. The van der Waals surface area contributed by atoms with Crippen molar-refractivity contribution in [1.82, 2.24) is 25.4 Å². The Balaban J connectivity index is 1.89. The normalized spacial score (nSPS) is 24.1. The number of nitrogens with one attached hydrogen (secondary N) is 1. The Morgan fingerprint density at radius 3 is 3.06 bits per heavy atom. The molecule has 0 aromatic carbocycles. The van der Waals surface area contributed by atoms with E-state index in [0.717, 1.165) is 13.0 Å². The molecule has 1 fully saturated rings. The fourth-order valence-corrected chi connectivity index (χ4v) is 2.00. The molecule has 2 aromatic rings. The number of nitrogens with zero attached hydrogens (tertiary/aromatic N) is 4. The van der Waals surface area contributed by atoms with Gasteiger partial charge in [0.25, 0.3) is 5.89 Å². The zero-order valence-electron chi connectivity index (χ0n) is 9.70. The third-order valence-corrected chi connectivity index (χ3v) is 2.98. The molecule has 2 aromatic heterocycles. The molecule has 2 N–H and O–H groups in total. The summed E-state index contributed by atoms with van der Waals surface area (Å²) in [6.45, 7) is 1.32. The molecule has 0 aliphatic carbocycles. The molecule has 7 heteroatoms. The van der Waals surface area contributed by atoms with Gasteiger partial charge >= 0.3 is 0 Å². The molecule has 1 atom stereocenters. The van der Waals surface area contributed by atoms with Gasteiger partial charge in [0.15, 0.2) is 5.60 Å². The second kappa shape index (κ2) is 4.43. The molecule has 1 unspecified atom stereocenters. The van der Waals surface area contributed by atoms with Crippen LogP contribution < -0.4 is 5.32 Å². The minimum absolute atomic E-state index is 0.232. The van der Waals surface area contributed by atoms with Crippen molar-refractivity contribution >= 4 is 0 Å². The van der Waals surface area contributed by atoms with Gasteiger partial charge in [0.05, 0.1) is 6.20 Å². The van der Waals surface area contributed by atoms with E-state index < -0.39 is 5.60 Å². The first kappa shape index (κ1) is 11.2. The highest BCUT2D eigenvalue weighted by Crippen LogP contribution is 2.27. The van der Waals surface area contributed by atoms with Gasteiger partial charge in [-0.15, -0.1) is 0 Å². The van der Waals surface area contributed by atoms with Gasteiger partial charge in [-0.05, 0) is 19.4 Å². The zero-order valence-corrected chi connectivity index (χ0v) is 9.70. The first-order chi connectivity index (χ1) is 8.78. The molecule has 1 aliphatic heterocycles. The van der Waals surface area contributed by atoms with Crippen LogP contribution in [-0.2, 0) is 5.60 Å². The van der Waals surface area contributed by atoms with Gasteiger partial charge in [-0.3, -0.25) is 4.98 Å². The lowest BCUT2D eigenvalue weighted by Gasteiger charge is -2.28. The number of rotatable bonds is 2. The van der Waals surface area contributed by atoms with E-state index in [-0.39, 0.29) is 5.89 Å². The molecule has 1 saturated heterocycles. The Kier molecular flexibility index (Phi) is 2.77. The Bertz CT molecular complexity index is 521. The minimum Gasteiger partial charge on any atom is -0.379 e. The molecule has 3 rings (SSSR count). The summed E-state index contributed by atoms with van der Waals surface area (Å²) in [5.41, 5.74) is -0.550. The topological polar surface area (TPSA) is 97.0 Å². The van der Waals surface area contributed by atoms with Gasteiger partial charge in [0.2, 0.25) is 5.82 Å². The summed E-state index contributed by atoms with van der Waals surface area (Å²) in [6.07, 6.45) is 6.17. The first-order valence-electron chi connectivity index (χ1n) is 5.82. The summed E-state index contributed by atoms with van der Waals surface area (Å²) in [7, 11) is 0. The van der Waals surface area contributed by atoms with Crippen LogP contribution in [0.3, 0.4) is 0 Å². The maximum absolute atomic E-state index is 10.4. The second-order valence-corrected chi connectivity index (χ2v) is 4.33. The summed E-state index contributed by atoms with van der Waals surface area (Å²) in [5, 5.41) is 17.4. The van der Waals surface area contributed by atoms with E-state index in [2.05, 4.69) is 25.4 Å². The van der Waals surface area contributed by atoms with Crippen LogP contribution in [0.1, 0.15) is 18.7 Å². The van der Waals surface area contributed by atoms with Gasteiger partial charge in [0, 0.05) is 18.9 Å². The van der Waals surface area contributed by atoms with E-state index in [1.54, 1.807) is 18.6 Å². The number of hydrogen-bond acceptors (Lipinski definition) is 7. The molecule has 7 nitrogen and oxygen atoms in total. The van der Waals surface area contributed by atoms with Crippen LogP contribution in [0, 0.1) is 0 Å². The standard InChI is InChI=1S/C11H13N5O2/c17-11(2-1-3-13-7-11)10-15-9(16-18-10)8-6-12-4-5-14-8/h4-6,13,17H,1-3,7H2. The molecule has 0 spiro atoms. The summed E-state index contributed by atoms with van der Waals surface area (Å²) < 4.78 is 5.14. The molecule has 3 heterocycles. The molecular weight excluding hydrogens is 234 g/mol.